The number of benzene rings is 1. The van der Waals surface area contributed by atoms with Gasteiger partial charge in [0.05, 0.1) is 13.2 Å². The highest BCUT2D eigenvalue weighted by Gasteiger charge is 2.49. The van der Waals surface area contributed by atoms with Crippen molar-refractivity contribution in [1.82, 2.24) is 4.90 Å². The molecule has 2 fully saturated rings. The summed E-state index contributed by atoms with van der Waals surface area (Å²) in [5, 5.41) is 10.5. The van der Waals surface area contributed by atoms with Gasteiger partial charge in [-0.25, -0.2) is 0 Å². The van der Waals surface area contributed by atoms with Crippen molar-refractivity contribution in [3.05, 3.63) is 34.9 Å². The number of nitrogens with zero attached hydrogens (tertiary/aromatic N) is 1. The maximum atomic E-state index is 12.5. The predicted molar refractivity (Wildman–Crippen MR) is 84.8 cm³/mol. The lowest BCUT2D eigenvalue weighted by Crippen LogP contribution is -2.43. The Balaban J connectivity index is 1.60. The highest BCUT2D eigenvalue weighted by atomic mass is 35.5. The quantitative estimate of drug-likeness (QED) is 0.923. The molecular weight excluding hydrogens is 302 g/mol. The van der Waals surface area contributed by atoms with Gasteiger partial charge in [0.1, 0.15) is 0 Å². The molecule has 0 aliphatic carbocycles. The number of amides is 1. The number of ether oxygens (including phenoxy) is 1. The third kappa shape index (κ3) is 3.00. The number of hydrogen-bond donors (Lipinski definition) is 1. The van der Waals surface area contributed by atoms with E-state index < -0.39 is 0 Å². The van der Waals surface area contributed by atoms with E-state index in [1.165, 1.54) is 0 Å². The van der Waals surface area contributed by atoms with Gasteiger partial charge in [-0.3, -0.25) is 4.79 Å². The molecule has 1 amide bonds. The van der Waals surface area contributed by atoms with Crippen LogP contribution in [0.4, 0.5) is 0 Å². The normalized spacial score (nSPS) is 27.7. The first-order chi connectivity index (χ1) is 10.6. The summed E-state index contributed by atoms with van der Waals surface area (Å²) in [5.41, 5.74) is 0.757. The Morgan fingerprint density at radius 1 is 1.45 bits per heavy atom. The molecule has 1 aromatic carbocycles. The van der Waals surface area contributed by atoms with Crippen LogP contribution in [-0.2, 0) is 16.0 Å². The van der Waals surface area contributed by atoms with Crippen LogP contribution in [0.1, 0.15) is 18.4 Å². The van der Waals surface area contributed by atoms with Gasteiger partial charge < -0.3 is 14.7 Å². The first-order valence-corrected chi connectivity index (χ1v) is 8.22. The fraction of sp³-hybridized carbons (Fsp3) is 0.588. The Morgan fingerprint density at radius 2 is 2.27 bits per heavy atom. The van der Waals surface area contributed by atoms with E-state index in [0.717, 1.165) is 25.1 Å². The van der Waals surface area contributed by atoms with E-state index >= 15 is 0 Å². The zero-order valence-electron chi connectivity index (χ0n) is 12.6. The lowest BCUT2D eigenvalue weighted by molar-refractivity contribution is -0.130. The first kappa shape index (κ1) is 15.8. The molecule has 2 saturated heterocycles. The topological polar surface area (TPSA) is 49.8 Å². The second-order valence-electron chi connectivity index (χ2n) is 6.42. The Kier molecular flexibility index (Phi) is 4.71. The van der Waals surface area contributed by atoms with Crippen LogP contribution in [0.3, 0.4) is 0 Å². The molecule has 2 aliphatic rings. The van der Waals surface area contributed by atoms with Crippen molar-refractivity contribution in [2.24, 2.45) is 11.3 Å². The molecule has 120 valence electrons. The van der Waals surface area contributed by atoms with Crippen LogP contribution < -0.4 is 0 Å². The SMILES string of the molecule is O=C(CCc1ccccc1Cl)N1C[C@@H]2CCOC[C@]2(CO)C1. The average molecular weight is 324 g/mol. The molecule has 5 heteroatoms. The minimum atomic E-state index is -0.252. The minimum absolute atomic E-state index is 0.0892. The molecule has 0 saturated carbocycles. The molecule has 2 aliphatic heterocycles. The molecular formula is C17H22ClNO3. The van der Waals surface area contributed by atoms with Crippen LogP contribution in [0, 0.1) is 11.3 Å². The summed E-state index contributed by atoms with van der Waals surface area (Å²) in [5.74, 6) is 0.498. The van der Waals surface area contributed by atoms with Crippen LogP contribution in [0.15, 0.2) is 24.3 Å². The van der Waals surface area contributed by atoms with Crippen molar-refractivity contribution in [1.29, 1.82) is 0 Å². The first-order valence-electron chi connectivity index (χ1n) is 7.84. The van der Waals surface area contributed by atoms with Crippen LogP contribution >= 0.6 is 11.6 Å². The third-order valence-electron chi connectivity index (χ3n) is 5.05. The highest BCUT2D eigenvalue weighted by Crippen LogP contribution is 2.41. The summed E-state index contributed by atoms with van der Waals surface area (Å²) < 4.78 is 5.54. The summed E-state index contributed by atoms with van der Waals surface area (Å²) in [6, 6.07) is 7.64. The molecule has 0 bridgehead atoms. The van der Waals surface area contributed by atoms with E-state index in [1.807, 2.05) is 29.2 Å². The van der Waals surface area contributed by atoms with Gasteiger partial charge in [-0.2, -0.15) is 0 Å². The van der Waals surface area contributed by atoms with Gasteiger partial charge in [0, 0.05) is 36.6 Å². The predicted octanol–water partition coefficient (Wildman–Crippen LogP) is 2.13. The Hall–Kier alpha value is -1.10. The van der Waals surface area contributed by atoms with Crippen molar-refractivity contribution >= 4 is 17.5 Å². The highest BCUT2D eigenvalue weighted by molar-refractivity contribution is 6.31. The molecule has 3 rings (SSSR count). The number of hydrogen-bond acceptors (Lipinski definition) is 3. The maximum Gasteiger partial charge on any atom is 0.222 e. The van der Waals surface area contributed by atoms with Crippen molar-refractivity contribution < 1.29 is 14.6 Å². The van der Waals surface area contributed by atoms with E-state index in [-0.39, 0.29) is 17.9 Å². The lowest BCUT2D eigenvalue weighted by Gasteiger charge is -2.36. The second-order valence-corrected chi connectivity index (χ2v) is 6.83. The molecule has 4 nitrogen and oxygen atoms in total. The zero-order valence-corrected chi connectivity index (χ0v) is 13.4. The van der Waals surface area contributed by atoms with Crippen LogP contribution in [-0.4, -0.2) is 48.8 Å². The average Bonchev–Trinajstić information content (AvgIpc) is 2.94. The number of carbonyl (C=O) groups excluding carboxylic acids is 1. The number of carbonyl (C=O) groups is 1. The van der Waals surface area contributed by atoms with E-state index in [9.17, 15) is 9.90 Å². The van der Waals surface area contributed by atoms with Crippen LogP contribution in [0.2, 0.25) is 5.02 Å². The van der Waals surface area contributed by atoms with Gasteiger partial charge in [0.25, 0.3) is 0 Å². The number of halogens is 1. The molecule has 2 atom stereocenters. The van der Waals surface area contributed by atoms with E-state index in [0.29, 0.717) is 36.9 Å². The van der Waals surface area contributed by atoms with Gasteiger partial charge in [-0.05, 0) is 30.4 Å². The maximum absolute atomic E-state index is 12.5. The molecule has 2 heterocycles. The number of aliphatic hydroxyl groups excluding tert-OH is 1. The van der Waals surface area contributed by atoms with Gasteiger partial charge in [-0.15, -0.1) is 0 Å². The number of likely N-dealkylation sites (tertiary alicyclic amines) is 1. The smallest absolute Gasteiger partial charge is 0.222 e. The Morgan fingerprint density at radius 3 is 3.00 bits per heavy atom. The third-order valence-corrected chi connectivity index (χ3v) is 5.42. The largest absolute Gasteiger partial charge is 0.396 e. The van der Waals surface area contributed by atoms with Crippen molar-refractivity contribution in [3.63, 3.8) is 0 Å². The molecule has 0 unspecified atom stereocenters. The fourth-order valence-electron chi connectivity index (χ4n) is 3.61. The summed E-state index contributed by atoms with van der Waals surface area (Å²) in [4.78, 5) is 14.4. The summed E-state index contributed by atoms with van der Waals surface area (Å²) in [6.07, 6.45) is 2.04. The molecule has 0 radical (unpaired) electrons. The fourth-order valence-corrected chi connectivity index (χ4v) is 3.84. The Bertz CT molecular complexity index is 550. The van der Waals surface area contributed by atoms with Crippen molar-refractivity contribution in [3.8, 4) is 0 Å². The molecule has 0 spiro atoms. The van der Waals surface area contributed by atoms with Gasteiger partial charge in [-0.1, -0.05) is 29.8 Å². The number of fused-ring (bicyclic) bond motifs is 1. The van der Waals surface area contributed by atoms with E-state index in [2.05, 4.69) is 0 Å². The Labute approximate surface area is 136 Å². The summed E-state index contributed by atoms with van der Waals surface area (Å²) in [6.45, 7) is 2.73. The monoisotopic (exact) mass is 323 g/mol. The molecule has 22 heavy (non-hydrogen) atoms. The molecule has 1 N–H and O–H groups in total. The van der Waals surface area contributed by atoms with Crippen molar-refractivity contribution in [2.45, 2.75) is 19.3 Å². The number of aliphatic hydroxyl groups is 1. The molecule has 0 aromatic heterocycles. The van der Waals surface area contributed by atoms with Crippen molar-refractivity contribution in [2.75, 3.05) is 32.9 Å². The van der Waals surface area contributed by atoms with E-state index in [4.69, 9.17) is 16.3 Å². The van der Waals surface area contributed by atoms with E-state index in [1.54, 1.807) is 0 Å². The summed E-state index contributed by atoms with van der Waals surface area (Å²) >= 11 is 6.14. The van der Waals surface area contributed by atoms with Crippen LogP contribution in [0.5, 0.6) is 0 Å². The lowest BCUT2D eigenvalue weighted by atomic mass is 9.76. The number of aryl methyl sites for hydroxylation is 1. The second kappa shape index (κ2) is 6.57. The zero-order chi connectivity index (χ0) is 15.6. The minimum Gasteiger partial charge on any atom is -0.396 e. The summed E-state index contributed by atoms with van der Waals surface area (Å²) in [7, 11) is 0. The molecule has 1 aromatic rings. The number of rotatable bonds is 4. The van der Waals surface area contributed by atoms with Gasteiger partial charge in [0.2, 0.25) is 5.91 Å². The van der Waals surface area contributed by atoms with Gasteiger partial charge in [0.15, 0.2) is 0 Å². The van der Waals surface area contributed by atoms with Crippen LogP contribution in [0.25, 0.3) is 0 Å². The standard InChI is InChI=1S/C17H22ClNO3/c18-15-4-2-1-3-13(15)5-6-16(21)19-9-14-7-8-22-12-17(14,10-19)11-20/h1-4,14,20H,5-12H2/t14-,17+/m0/s1. The van der Waals surface area contributed by atoms with Gasteiger partial charge >= 0.3 is 0 Å².